The number of hydrogen-bond donors (Lipinski definition) is 2. The molecule has 1 aromatic heterocycles. The van der Waals surface area contributed by atoms with Crippen molar-refractivity contribution in [2.45, 2.75) is 11.5 Å². The molecule has 0 fully saturated rings. The molecule has 0 saturated heterocycles. The molecule has 5 nitrogen and oxygen atoms in total. The normalized spacial score (nSPS) is 11.5. The zero-order valence-corrected chi connectivity index (χ0v) is 13.1. The van der Waals surface area contributed by atoms with Crippen LogP contribution in [0, 0.1) is 3.57 Å². The fourth-order valence-electron chi connectivity index (χ4n) is 1.61. The molecule has 0 saturated carbocycles. The number of aliphatic hydroxyl groups excluding tert-OH is 1. The van der Waals surface area contributed by atoms with E-state index in [1.54, 1.807) is 23.7 Å². The third kappa shape index (κ3) is 3.28. The number of benzene rings is 1. The van der Waals surface area contributed by atoms with Crippen LogP contribution in [0.3, 0.4) is 0 Å². The number of hydrogen-bond acceptors (Lipinski definition) is 3. The first-order valence-electron chi connectivity index (χ1n) is 5.47. The highest BCUT2D eigenvalue weighted by atomic mass is 127. The number of aryl methyl sites for hydroxylation is 1. The van der Waals surface area contributed by atoms with Gasteiger partial charge in [0.1, 0.15) is 4.90 Å². The van der Waals surface area contributed by atoms with Gasteiger partial charge in [-0.15, -0.1) is 0 Å². The summed E-state index contributed by atoms with van der Waals surface area (Å²) < 4.78 is 29.4. The van der Waals surface area contributed by atoms with Crippen LogP contribution in [0.4, 0.5) is 5.69 Å². The van der Waals surface area contributed by atoms with Crippen LogP contribution in [0.15, 0.2) is 41.4 Å². The Bertz CT molecular complexity index is 678. The van der Waals surface area contributed by atoms with Gasteiger partial charge in [-0.2, -0.15) is 0 Å². The van der Waals surface area contributed by atoms with Crippen molar-refractivity contribution in [3.8, 4) is 0 Å². The molecule has 0 unspecified atom stereocenters. The SMILES string of the molecule is Cn1cc(S(=O)(=O)Nc2ccc(I)cc2)cc1CO. The van der Waals surface area contributed by atoms with Crippen LogP contribution < -0.4 is 4.72 Å². The summed E-state index contributed by atoms with van der Waals surface area (Å²) in [7, 11) is -1.93. The van der Waals surface area contributed by atoms with Gasteiger partial charge in [-0.3, -0.25) is 4.72 Å². The molecule has 2 rings (SSSR count). The van der Waals surface area contributed by atoms with Gasteiger partial charge in [0.05, 0.1) is 6.61 Å². The van der Waals surface area contributed by atoms with Gasteiger partial charge in [-0.25, -0.2) is 8.42 Å². The molecule has 0 radical (unpaired) electrons. The number of aromatic nitrogens is 1. The highest BCUT2D eigenvalue weighted by Crippen LogP contribution is 2.19. The molecule has 7 heteroatoms. The number of nitrogens with one attached hydrogen (secondary N) is 1. The van der Waals surface area contributed by atoms with E-state index in [4.69, 9.17) is 5.11 Å². The third-order valence-electron chi connectivity index (χ3n) is 2.65. The van der Waals surface area contributed by atoms with Crippen LogP contribution in [0.1, 0.15) is 5.69 Å². The number of halogens is 1. The summed E-state index contributed by atoms with van der Waals surface area (Å²) in [5.41, 5.74) is 1.05. The predicted octanol–water partition coefficient (Wildman–Crippen LogP) is 1.92. The van der Waals surface area contributed by atoms with Gasteiger partial charge in [0.2, 0.25) is 0 Å². The highest BCUT2D eigenvalue weighted by molar-refractivity contribution is 14.1. The minimum absolute atomic E-state index is 0.137. The average molecular weight is 392 g/mol. The summed E-state index contributed by atoms with van der Waals surface area (Å²) in [4.78, 5) is 0.137. The summed E-state index contributed by atoms with van der Waals surface area (Å²) in [5, 5.41) is 9.08. The van der Waals surface area contributed by atoms with Crippen LogP contribution in [0.2, 0.25) is 0 Å². The standard InChI is InChI=1S/C12H13IN2O3S/c1-15-7-12(6-11(15)8-16)19(17,18)14-10-4-2-9(13)3-5-10/h2-7,14,16H,8H2,1H3. The Morgan fingerprint density at radius 2 is 1.95 bits per heavy atom. The van der Waals surface area contributed by atoms with E-state index in [0.717, 1.165) is 3.57 Å². The first-order valence-corrected chi connectivity index (χ1v) is 8.03. The Labute approximate surface area is 125 Å². The molecule has 2 aromatic rings. The van der Waals surface area contributed by atoms with Gasteiger partial charge >= 0.3 is 0 Å². The smallest absolute Gasteiger partial charge is 0.263 e. The van der Waals surface area contributed by atoms with Gasteiger partial charge < -0.3 is 9.67 Å². The van der Waals surface area contributed by atoms with E-state index in [1.807, 2.05) is 12.1 Å². The Morgan fingerprint density at radius 1 is 1.32 bits per heavy atom. The van der Waals surface area contributed by atoms with E-state index in [9.17, 15) is 8.42 Å². The van der Waals surface area contributed by atoms with Crippen LogP contribution >= 0.6 is 22.6 Å². The molecule has 0 aliphatic rings. The van der Waals surface area contributed by atoms with Crippen molar-refractivity contribution < 1.29 is 13.5 Å². The Hall–Kier alpha value is -1.06. The van der Waals surface area contributed by atoms with Crippen LogP contribution in [-0.4, -0.2) is 18.1 Å². The fraction of sp³-hybridized carbons (Fsp3) is 0.167. The molecule has 0 aliphatic heterocycles. The largest absolute Gasteiger partial charge is 0.390 e. The van der Waals surface area contributed by atoms with E-state index in [0.29, 0.717) is 11.4 Å². The van der Waals surface area contributed by atoms with Gasteiger partial charge in [0, 0.05) is 28.2 Å². The Balaban J connectivity index is 2.29. The lowest BCUT2D eigenvalue weighted by molar-refractivity contribution is 0.272. The molecule has 2 N–H and O–H groups in total. The molecule has 1 aromatic carbocycles. The lowest BCUT2D eigenvalue weighted by Crippen LogP contribution is -2.12. The Kier molecular flexibility index (Phi) is 4.16. The summed E-state index contributed by atoms with van der Waals surface area (Å²) in [5.74, 6) is 0. The number of anilines is 1. The van der Waals surface area contributed by atoms with Crippen LogP contribution in [0.25, 0.3) is 0 Å². The van der Waals surface area contributed by atoms with Crippen molar-refractivity contribution in [3.63, 3.8) is 0 Å². The maximum atomic E-state index is 12.2. The van der Waals surface area contributed by atoms with Crippen molar-refractivity contribution in [1.82, 2.24) is 4.57 Å². The van der Waals surface area contributed by atoms with Crippen LogP contribution in [-0.2, 0) is 23.7 Å². The summed E-state index contributed by atoms with van der Waals surface area (Å²) in [6.45, 7) is -0.199. The van der Waals surface area contributed by atoms with Crippen molar-refractivity contribution >= 4 is 38.3 Å². The zero-order valence-electron chi connectivity index (χ0n) is 10.2. The summed E-state index contributed by atoms with van der Waals surface area (Å²) in [6.07, 6.45) is 1.47. The lowest BCUT2D eigenvalue weighted by atomic mass is 10.3. The van der Waals surface area contributed by atoms with E-state index < -0.39 is 10.0 Å². The second-order valence-corrected chi connectivity index (χ2v) is 6.98. The molecule has 0 atom stereocenters. The number of sulfonamides is 1. The maximum absolute atomic E-state index is 12.2. The molecule has 0 aliphatic carbocycles. The fourth-order valence-corrected chi connectivity index (χ4v) is 3.13. The average Bonchev–Trinajstić information content (AvgIpc) is 2.74. The number of aliphatic hydroxyl groups is 1. The quantitative estimate of drug-likeness (QED) is 0.782. The van der Waals surface area contributed by atoms with Gasteiger partial charge in [0.25, 0.3) is 10.0 Å². The predicted molar refractivity (Wildman–Crippen MR) is 81.3 cm³/mol. The number of rotatable bonds is 4. The highest BCUT2D eigenvalue weighted by Gasteiger charge is 2.17. The molecule has 1 heterocycles. The molecule has 19 heavy (non-hydrogen) atoms. The summed E-state index contributed by atoms with van der Waals surface area (Å²) >= 11 is 2.15. The molecule has 0 bridgehead atoms. The molecule has 102 valence electrons. The van der Waals surface area contributed by atoms with Crippen molar-refractivity contribution in [2.24, 2.45) is 7.05 Å². The van der Waals surface area contributed by atoms with E-state index in [1.165, 1.54) is 12.3 Å². The second kappa shape index (κ2) is 5.51. The van der Waals surface area contributed by atoms with Gasteiger partial charge in [0.15, 0.2) is 0 Å². The van der Waals surface area contributed by atoms with E-state index >= 15 is 0 Å². The first-order chi connectivity index (χ1) is 8.92. The monoisotopic (exact) mass is 392 g/mol. The summed E-state index contributed by atoms with van der Waals surface area (Å²) in [6, 6.07) is 8.50. The molecular weight excluding hydrogens is 379 g/mol. The van der Waals surface area contributed by atoms with Crippen molar-refractivity contribution in [2.75, 3.05) is 4.72 Å². The van der Waals surface area contributed by atoms with Crippen LogP contribution in [0.5, 0.6) is 0 Å². The minimum Gasteiger partial charge on any atom is -0.390 e. The topological polar surface area (TPSA) is 71.3 Å². The first kappa shape index (κ1) is 14.4. The molecular formula is C12H13IN2O3S. The second-order valence-electron chi connectivity index (χ2n) is 4.05. The number of nitrogens with zero attached hydrogens (tertiary/aromatic N) is 1. The van der Waals surface area contributed by atoms with Gasteiger partial charge in [-0.05, 0) is 52.9 Å². The lowest BCUT2D eigenvalue weighted by Gasteiger charge is -2.06. The van der Waals surface area contributed by atoms with E-state index in [2.05, 4.69) is 27.3 Å². The third-order valence-corrected chi connectivity index (χ3v) is 4.72. The zero-order chi connectivity index (χ0) is 14.0. The van der Waals surface area contributed by atoms with E-state index in [-0.39, 0.29) is 11.5 Å². The van der Waals surface area contributed by atoms with Crippen molar-refractivity contribution in [3.05, 3.63) is 45.8 Å². The minimum atomic E-state index is -3.62. The Morgan fingerprint density at radius 3 is 2.47 bits per heavy atom. The molecule has 0 amide bonds. The maximum Gasteiger partial charge on any atom is 0.263 e. The van der Waals surface area contributed by atoms with Gasteiger partial charge in [-0.1, -0.05) is 0 Å². The molecule has 0 spiro atoms. The van der Waals surface area contributed by atoms with Crippen molar-refractivity contribution in [1.29, 1.82) is 0 Å².